The molecule has 0 fully saturated rings. The smallest absolute Gasteiger partial charge is 0.337 e. The van der Waals surface area contributed by atoms with Gasteiger partial charge in [0.25, 0.3) is 0 Å². The van der Waals surface area contributed by atoms with Crippen LogP contribution < -0.4 is 10.1 Å². The minimum absolute atomic E-state index is 0.289. The molecule has 0 aliphatic carbocycles. The van der Waals surface area contributed by atoms with E-state index < -0.39 is 5.97 Å². The Morgan fingerprint density at radius 1 is 1.04 bits per heavy atom. The molecule has 0 radical (unpaired) electrons. The molecule has 0 atom stereocenters. The molecule has 0 unspecified atom stereocenters. The molecule has 0 saturated heterocycles. The molecule has 2 rings (SSSR count). The van der Waals surface area contributed by atoms with E-state index in [4.69, 9.17) is 4.74 Å². The molecule has 0 saturated carbocycles. The van der Waals surface area contributed by atoms with Crippen molar-refractivity contribution in [3.05, 3.63) is 65.7 Å². The summed E-state index contributed by atoms with van der Waals surface area (Å²) in [6.45, 7) is 0. The van der Waals surface area contributed by atoms with Gasteiger partial charge >= 0.3 is 5.97 Å². The number of hydrogen-bond acceptors (Lipinski definition) is 4. The zero-order valence-electron chi connectivity index (χ0n) is 12.9. The number of anilines is 1. The van der Waals surface area contributed by atoms with Crippen LogP contribution in [0.2, 0.25) is 0 Å². The van der Waals surface area contributed by atoms with Gasteiger partial charge in [-0.05, 0) is 42.0 Å². The fourth-order valence-corrected chi connectivity index (χ4v) is 1.91. The lowest BCUT2D eigenvalue weighted by molar-refractivity contribution is -0.111. The van der Waals surface area contributed by atoms with Crippen LogP contribution in [0.25, 0.3) is 6.08 Å². The van der Waals surface area contributed by atoms with Crippen LogP contribution in [0.5, 0.6) is 5.75 Å². The number of carbonyl (C=O) groups is 2. The lowest BCUT2D eigenvalue weighted by atomic mass is 10.2. The second-order valence-electron chi connectivity index (χ2n) is 4.67. The number of hydrogen-bond donors (Lipinski definition) is 1. The van der Waals surface area contributed by atoms with Gasteiger partial charge in [0.2, 0.25) is 5.91 Å². The summed E-state index contributed by atoms with van der Waals surface area (Å²) in [5.41, 5.74) is 1.78. The van der Waals surface area contributed by atoms with E-state index in [1.165, 1.54) is 13.2 Å². The van der Waals surface area contributed by atoms with Crippen molar-refractivity contribution in [3.63, 3.8) is 0 Å². The number of methoxy groups -OCH3 is 2. The third-order valence-electron chi connectivity index (χ3n) is 3.09. The van der Waals surface area contributed by atoms with E-state index in [-0.39, 0.29) is 5.91 Å². The van der Waals surface area contributed by atoms with Gasteiger partial charge < -0.3 is 14.8 Å². The Morgan fingerprint density at radius 2 is 1.78 bits per heavy atom. The van der Waals surface area contributed by atoms with Crippen molar-refractivity contribution in [1.29, 1.82) is 0 Å². The van der Waals surface area contributed by atoms with Gasteiger partial charge in [-0.15, -0.1) is 0 Å². The molecule has 1 N–H and O–H groups in total. The fraction of sp³-hybridized carbons (Fsp3) is 0.111. The second-order valence-corrected chi connectivity index (χ2v) is 4.67. The minimum Gasteiger partial charge on any atom is -0.497 e. The van der Waals surface area contributed by atoms with E-state index >= 15 is 0 Å². The Hall–Kier alpha value is -3.08. The number of amides is 1. The molecule has 2 aromatic carbocycles. The molecule has 0 heterocycles. The van der Waals surface area contributed by atoms with Gasteiger partial charge in [-0.2, -0.15) is 0 Å². The van der Waals surface area contributed by atoms with Crippen molar-refractivity contribution < 1.29 is 19.1 Å². The molecule has 0 aromatic heterocycles. The Balaban J connectivity index is 2.01. The lowest BCUT2D eigenvalue weighted by Gasteiger charge is -2.04. The van der Waals surface area contributed by atoms with E-state index in [1.54, 1.807) is 37.5 Å². The van der Waals surface area contributed by atoms with Crippen molar-refractivity contribution in [2.24, 2.45) is 0 Å². The first kappa shape index (κ1) is 16.3. The molecule has 0 aliphatic heterocycles. The third kappa shape index (κ3) is 4.71. The van der Waals surface area contributed by atoms with Gasteiger partial charge in [-0.25, -0.2) is 4.79 Å². The quantitative estimate of drug-likeness (QED) is 0.680. The number of nitrogens with one attached hydrogen (secondary N) is 1. The lowest BCUT2D eigenvalue weighted by Crippen LogP contribution is -2.09. The molecule has 0 bridgehead atoms. The summed E-state index contributed by atoms with van der Waals surface area (Å²) in [6, 6.07) is 13.9. The molecule has 118 valence electrons. The summed E-state index contributed by atoms with van der Waals surface area (Å²) in [7, 11) is 2.91. The van der Waals surface area contributed by atoms with Crippen molar-refractivity contribution in [1.82, 2.24) is 0 Å². The molecular formula is C18H17NO4. The number of carbonyl (C=O) groups excluding carboxylic acids is 2. The highest BCUT2D eigenvalue weighted by atomic mass is 16.5. The number of rotatable bonds is 5. The first-order valence-corrected chi connectivity index (χ1v) is 6.94. The maximum absolute atomic E-state index is 11.9. The summed E-state index contributed by atoms with van der Waals surface area (Å²) in [6.07, 6.45) is 3.12. The van der Waals surface area contributed by atoms with E-state index in [9.17, 15) is 9.59 Å². The van der Waals surface area contributed by atoms with Crippen LogP contribution in [-0.4, -0.2) is 26.1 Å². The van der Waals surface area contributed by atoms with Gasteiger partial charge in [-0.3, -0.25) is 4.79 Å². The molecule has 0 aliphatic rings. The third-order valence-corrected chi connectivity index (χ3v) is 3.09. The van der Waals surface area contributed by atoms with E-state index in [0.29, 0.717) is 11.3 Å². The van der Waals surface area contributed by atoms with Crippen molar-refractivity contribution >= 4 is 23.6 Å². The maximum Gasteiger partial charge on any atom is 0.337 e. The number of ether oxygens (including phenoxy) is 2. The topological polar surface area (TPSA) is 64.6 Å². The number of benzene rings is 2. The molecule has 0 spiro atoms. The molecule has 23 heavy (non-hydrogen) atoms. The van der Waals surface area contributed by atoms with Crippen LogP contribution in [0.4, 0.5) is 5.69 Å². The normalized spacial score (nSPS) is 10.3. The Morgan fingerprint density at radius 3 is 2.43 bits per heavy atom. The largest absolute Gasteiger partial charge is 0.497 e. The van der Waals surface area contributed by atoms with Gasteiger partial charge in [0.05, 0.1) is 19.8 Å². The number of esters is 1. The molecular weight excluding hydrogens is 294 g/mol. The standard InChI is InChI=1S/C18H17NO4/c1-22-16-9-6-13(7-10-16)8-11-17(20)19-15-5-3-4-14(12-15)18(21)23-2/h3-12H,1-2H3,(H,19,20). The van der Waals surface area contributed by atoms with Gasteiger partial charge in [0, 0.05) is 11.8 Å². The van der Waals surface area contributed by atoms with Crippen LogP contribution >= 0.6 is 0 Å². The summed E-state index contributed by atoms with van der Waals surface area (Å²) >= 11 is 0. The molecule has 2 aromatic rings. The van der Waals surface area contributed by atoms with E-state index in [1.807, 2.05) is 24.3 Å². The SMILES string of the molecule is COC(=O)c1cccc(NC(=O)C=Cc2ccc(OC)cc2)c1. The van der Waals surface area contributed by atoms with E-state index in [0.717, 1.165) is 11.3 Å². The predicted octanol–water partition coefficient (Wildman–Crippen LogP) is 3.13. The Bertz CT molecular complexity index is 720. The van der Waals surface area contributed by atoms with Crippen LogP contribution in [0.15, 0.2) is 54.6 Å². The average Bonchev–Trinajstić information content (AvgIpc) is 2.60. The highest BCUT2D eigenvalue weighted by molar-refractivity contribution is 6.02. The predicted molar refractivity (Wildman–Crippen MR) is 88.4 cm³/mol. The van der Waals surface area contributed by atoms with Gasteiger partial charge in [0.1, 0.15) is 5.75 Å². The van der Waals surface area contributed by atoms with Crippen molar-refractivity contribution in [2.45, 2.75) is 0 Å². The van der Waals surface area contributed by atoms with Crippen LogP contribution in [-0.2, 0) is 9.53 Å². The molecule has 5 heteroatoms. The zero-order chi connectivity index (χ0) is 16.7. The molecule has 1 amide bonds. The van der Waals surface area contributed by atoms with Crippen molar-refractivity contribution in [2.75, 3.05) is 19.5 Å². The van der Waals surface area contributed by atoms with Crippen LogP contribution in [0, 0.1) is 0 Å². The molecule has 5 nitrogen and oxygen atoms in total. The van der Waals surface area contributed by atoms with Gasteiger partial charge in [0.15, 0.2) is 0 Å². The van der Waals surface area contributed by atoms with E-state index in [2.05, 4.69) is 10.1 Å². The highest BCUT2D eigenvalue weighted by Gasteiger charge is 2.06. The Labute approximate surface area is 134 Å². The summed E-state index contributed by atoms with van der Waals surface area (Å²) in [5, 5.41) is 2.70. The highest BCUT2D eigenvalue weighted by Crippen LogP contribution is 2.13. The maximum atomic E-state index is 11.9. The fourth-order valence-electron chi connectivity index (χ4n) is 1.91. The van der Waals surface area contributed by atoms with Crippen LogP contribution in [0.3, 0.4) is 0 Å². The second kappa shape index (κ2) is 7.79. The summed E-state index contributed by atoms with van der Waals surface area (Å²) in [4.78, 5) is 23.4. The zero-order valence-corrected chi connectivity index (χ0v) is 12.9. The summed E-state index contributed by atoms with van der Waals surface area (Å²) < 4.78 is 9.72. The minimum atomic E-state index is -0.449. The first-order valence-electron chi connectivity index (χ1n) is 6.94. The van der Waals surface area contributed by atoms with Crippen molar-refractivity contribution in [3.8, 4) is 5.75 Å². The monoisotopic (exact) mass is 311 g/mol. The van der Waals surface area contributed by atoms with Crippen LogP contribution in [0.1, 0.15) is 15.9 Å². The summed E-state index contributed by atoms with van der Waals surface area (Å²) in [5.74, 6) is 0.0175. The van der Waals surface area contributed by atoms with Gasteiger partial charge in [-0.1, -0.05) is 18.2 Å². The first-order chi connectivity index (χ1) is 11.1. The average molecular weight is 311 g/mol. The Kier molecular flexibility index (Phi) is 5.52.